The molecule has 2 nitrogen and oxygen atoms in total. The average molecular weight is 222 g/mol. The Labute approximate surface area is 100 Å². The van der Waals surface area contributed by atoms with Gasteiger partial charge in [-0.2, -0.15) is 0 Å². The van der Waals surface area contributed by atoms with Crippen molar-refractivity contribution in [2.45, 2.75) is 26.2 Å². The number of nitrogens with two attached hydrogens (primary N) is 1. The predicted octanol–water partition coefficient (Wildman–Crippen LogP) is 2.71. The van der Waals surface area contributed by atoms with E-state index in [1.807, 2.05) is 13.8 Å². The van der Waals surface area contributed by atoms with Gasteiger partial charge in [-0.3, -0.25) is 0 Å². The lowest BCUT2D eigenvalue weighted by Gasteiger charge is -2.09. The Bertz CT molecular complexity index is 246. The zero-order chi connectivity index (χ0) is 12.4. The molecule has 0 bridgehead atoms. The summed E-state index contributed by atoms with van der Waals surface area (Å²) in [5, 5.41) is 0. The molecule has 1 aromatic carbocycles. The summed E-state index contributed by atoms with van der Waals surface area (Å²) in [6, 6.07) is 10.8. The van der Waals surface area contributed by atoms with E-state index in [0.717, 1.165) is 5.92 Å². The maximum Gasteiger partial charge on any atom is 0.00477 e. The van der Waals surface area contributed by atoms with Gasteiger partial charge < -0.3 is 10.6 Å². The molecule has 0 radical (unpaired) electrons. The zero-order valence-corrected chi connectivity index (χ0v) is 11.1. The summed E-state index contributed by atoms with van der Waals surface area (Å²) in [5.74, 6) is 0.774. The van der Waals surface area contributed by atoms with Crippen LogP contribution in [-0.2, 0) is 0 Å². The third-order valence-electron chi connectivity index (χ3n) is 2.66. The predicted molar refractivity (Wildman–Crippen MR) is 72.8 cm³/mol. The summed E-state index contributed by atoms with van der Waals surface area (Å²) >= 11 is 0. The van der Waals surface area contributed by atoms with Crippen molar-refractivity contribution in [3.05, 3.63) is 35.9 Å². The fraction of sp³-hybridized carbons (Fsp3) is 0.571. The molecule has 1 fully saturated rings. The van der Waals surface area contributed by atoms with Gasteiger partial charge in [0.1, 0.15) is 0 Å². The molecule has 0 saturated carbocycles. The van der Waals surface area contributed by atoms with Gasteiger partial charge >= 0.3 is 0 Å². The summed E-state index contributed by atoms with van der Waals surface area (Å²) in [5.41, 5.74) is 6.00. The molecule has 0 aromatic heterocycles. The van der Waals surface area contributed by atoms with Crippen LogP contribution in [0.25, 0.3) is 0 Å². The van der Waals surface area contributed by atoms with Crippen LogP contribution in [0.1, 0.15) is 31.7 Å². The van der Waals surface area contributed by atoms with Crippen molar-refractivity contribution in [1.29, 1.82) is 0 Å². The molecule has 2 heteroatoms. The molecule has 1 aromatic rings. The maximum atomic E-state index is 4.50. The lowest BCUT2D eigenvalue weighted by Crippen LogP contribution is -2.13. The second-order valence-electron chi connectivity index (χ2n) is 3.66. The molecule has 1 aliphatic heterocycles. The van der Waals surface area contributed by atoms with Crippen LogP contribution in [0.2, 0.25) is 0 Å². The van der Waals surface area contributed by atoms with Crippen LogP contribution in [0.4, 0.5) is 0 Å². The molecule has 1 aliphatic rings. The van der Waals surface area contributed by atoms with E-state index in [1.54, 1.807) is 0 Å². The van der Waals surface area contributed by atoms with E-state index in [4.69, 9.17) is 0 Å². The highest BCUT2D eigenvalue weighted by atomic mass is 15.1. The third kappa shape index (κ3) is 4.77. The van der Waals surface area contributed by atoms with Crippen molar-refractivity contribution in [1.82, 2.24) is 4.90 Å². The Morgan fingerprint density at radius 3 is 2.12 bits per heavy atom. The van der Waals surface area contributed by atoms with Gasteiger partial charge in [-0.25, -0.2) is 0 Å². The van der Waals surface area contributed by atoms with Gasteiger partial charge in [0.2, 0.25) is 0 Å². The van der Waals surface area contributed by atoms with Crippen LogP contribution in [0, 0.1) is 0 Å². The lowest BCUT2D eigenvalue weighted by molar-refractivity contribution is 0.411. The van der Waals surface area contributed by atoms with Gasteiger partial charge in [0.05, 0.1) is 0 Å². The zero-order valence-electron chi connectivity index (χ0n) is 11.1. The second-order valence-corrected chi connectivity index (χ2v) is 3.66. The molecule has 0 amide bonds. The Balaban J connectivity index is 0.000000509. The second kappa shape index (κ2) is 9.37. The van der Waals surface area contributed by atoms with Crippen molar-refractivity contribution in [3.63, 3.8) is 0 Å². The van der Waals surface area contributed by atoms with Crippen LogP contribution < -0.4 is 5.73 Å². The highest BCUT2D eigenvalue weighted by Gasteiger charge is 2.20. The Hall–Kier alpha value is -0.860. The highest BCUT2D eigenvalue weighted by molar-refractivity contribution is 5.20. The van der Waals surface area contributed by atoms with Crippen molar-refractivity contribution in [3.8, 4) is 0 Å². The standard InChI is InChI=1S/C11H15N.C2H6.CH5N/c1-12-8-7-11(9-12)10-5-3-2-4-6-10;2*1-2/h2-6,11H,7-9H2,1H3;1-2H3;2H2,1H3/t11-;;/m0../s1. The van der Waals surface area contributed by atoms with Gasteiger partial charge in [0.25, 0.3) is 0 Å². The first-order valence-corrected chi connectivity index (χ1v) is 6.17. The molecular weight excluding hydrogens is 196 g/mol. The van der Waals surface area contributed by atoms with E-state index in [2.05, 4.69) is 48.0 Å². The first-order valence-electron chi connectivity index (χ1n) is 6.17. The summed E-state index contributed by atoms with van der Waals surface area (Å²) in [7, 11) is 3.70. The number of hydrogen-bond donors (Lipinski definition) is 1. The van der Waals surface area contributed by atoms with Gasteiger partial charge in [0, 0.05) is 6.54 Å². The minimum Gasteiger partial charge on any atom is -0.333 e. The SMILES string of the molecule is CC.CN.CN1CC[C@H](c2ccccc2)C1. The van der Waals surface area contributed by atoms with Gasteiger partial charge in [-0.05, 0) is 38.5 Å². The van der Waals surface area contributed by atoms with Crippen molar-refractivity contribution in [2.24, 2.45) is 5.73 Å². The monoisotopic (exact) mass is 222 g/mol. The number of benzene rings is 1. The summed E-state index contributed by atoms with van der Waals surface area (Å²) in [6.07, 6.45) is 1.32. The normalized spacial score (nSPS) is 19.2. The lowest BCUT2D eigenvalue weighted by atomic mass is 9.99. The van der Waals surface area contributed by atoms with Crippen LogP contribution in [0.15, 0.2) is 30.3 Å². The number of hydrogen-bond acceptors (Lipinski definition) is 2. The van der Waals surface area contributed by atoms with Gasteiger partial charge in [-0.15, -0.1) is 0 Å². The smallest absolute Gasteiger partial charge is 0.00477 e. The molecule has 1 saturated heterocycles. The van der Waals surface area contributed by atoms with Gasteiger partial charge in [-0.1, -0.05) is 44.2 Å². The first-order chi connectivity index (χ1) is 7.86. The van der Waals surface area contributed by atoms with E-state index < -0.39 is 0 Å². The van der Waals surface area contributed by atoms with E-state index in [1.165, 1.54) is 32.1 Å². The van der Waals surface area contributed by atoms with Crippen LogP contribution in [-0.4, -0.2) is 32.1 Å². The molecular formula is C14H26N2. The van der Waals surface area contributed by atoms with Crippen LogP contribution >= 0.6 is 0 Å². The quantitative estimate of drug-likeness (QED) is 0.791. The number of likely N-dealkylation sites (tertiary alicyclic amines) is 1. The first kappa shape index (κ1) is 15.1. The Kier molecular flexibility index (Phi) is 8.87. The van der Waals surface area contributed by atoms with Crippen molar-refractivity contribution < 1.29 is 0 Å². The fourth-order valence-corrected chi connectivity index (χ4v) is 1.93. The number of likely N-dealkylation sites (N-methyl/N-ethyl adjacent to an activating group) is 1. The van der Waals surface area contributed by atoms with E-state index >= 15 is 0 Å². The number of rotatable bonds is 1. The molecule has 1 heterocycles. The van der Waals surface area contributed by atoms with E-state index in [9.17, 15) is 0 Å². The Morgan fingerprint density at radius 1 is 1.12 bits per heavy atom. The van der Waals surface area contributed by atoms with Crippen molar-refractivity contribution >= 4 is 0 Å². The molecule has 92 valence electrons. The molecule has 1 atom stereocenters. The summed E-state index contributed by atoms with van der Waals surface area (Å²) < 4.78 is 0. The summed E-state index contributed by atoms with van der Waals surface area (Å²) in [4.78, 5) is 2.40. The Morgan fingerprint density at radius 2 is 1.69 bits per heavy atom. The topological polar surface area (TPSA) is 29.3 Å². The molecule has 16 heavy (non-hydrogen) atoms. The number of nitrogens with zero attached hydrogens (tertiary/aromatic N) is 1. The largest absolute Gasteiger partial charge is 0.333 e. The molecule has 2 N–H and O–H groups in total. The van der Waals surface area contributed by atoms with Crippen molar-refractivity contribution in [2.75, 3.05) is 27.2 Å². The molecule has 0 unspecified atom stereocenters. The van der Waals surface area contributed by atoms with E-state index in [-0.39, 0.29) is 0 Å². The van der Waals surface area contributed by atoms with Gasteiger partial charge in [0.15, 0.2) is 0 Å². The third-order valence-corrected chi connectivity index (χ3v) is 2.66. The highest BCUT2D eigenvalue weighted by Crippen LogP contribution is 2.25. The molecule has 0 aliphatic carbocycles. The molecule has 0 spiro atoms. The average Bonchev–Trinajstić information content (AvgIpc) is 2.82. The minimum atomic E-state index is 0.774. The minimum absolute atomic E-state index is 0.774. The van der Waals surface area contributed by atoms with Crippen LogP contribution in [0.3, 0.4) is 0 Å². The van der Waals surface area contributed by atoms with Crippen LogP contribution in [0.5, 0.6) is 0 Å². The maximum absolute atomic E-state index is 4.50. The fourth-order valence-electron chi connectivity index (χ4n) is 1.93. The van der Waals surface area contributed by atoms with E-state index in [0.29, 0.717) is 0 Å². The molecule has 2 rings (SSSR count). The summed E-state index contributed by atoms with van der Waals surface area (Å²) in [6.45, 7) is 6.48.